The number of carboxylic acids is 1. The molecule has 0 bridgehead atoms. The first kappa shape index (κ1) is 16.9. The molecule has 0 unspecified atom stereocenters. The summed E-state index contributed by atoms with van der Waals surface area (Å²) in [6, 6.07) is 5.44. The number of carbonyl (C=O) groups is 2. The van der Waals surface area contributed by atoms with E-state index < -0.39 is 17.4 Å². The molecule has 1 aromatic carbocycles. The first-order valence-electron chi connectivity index (χ1n) is 7.68. The van der Waals surface area contributed by atoms with Gasteiger partial charge in [-0.1, -0.05) is 6.07 Å². The highest BCUT2D eigenvalue weighted by molar-refractivity contribution is 5.90. The summed E-state index contributed by atoms with van der Waals surface area (Å²) in [6.07, 6.45) is 1.35. The van der Waals surface area contributed by atoms with Crippen molar-refractivity contribution < 1.29 is 24.2 Å². The molecule has 130 valence electrons. The van der Waals surface area contributed by atoms with Crippen molar-refractivity contribution in [3.63, 3.8) is 0 Å². The molecule has 4 rings (SSSR count). The predicted octanol–water partition coefficient (Wildman–Crippen LogP) is 0.955. The van der Waals surface area contributed by atoms with Gasteiger partial charge in [0.15, 0.2) is 11.5 Å². The maximum absolute atomic E-state index is 12.4. The second-order valence-corrected chi connectivity index (χ2v) is 6.53. The molecular weight excluding hydrogens is 336 g/mol. The van der Waals surface area contributed by atoms with E-state index in [-0.39, 0.29) is 37.6 Å². The lowest BCUT2D eigenvalue weighted by molar-refractivity contribution is -0.142. The van der Waals surface area contributed by atoms with E-state index in [0.29, 0.717) is 30.9 Å². The Bertz CT molecular complexity index is 691. The van der Waals surface area contributed by atoms with Crippen LogP contribution in [-0.2, 0) is 9.59 Å². The highest BCUT2D eigenvalue weighted by atomic mass is 35.5. The number of carboxylic acid groups (broad SMARTS) is 1. The number of ether oxygens (including phenoxy) is 2. The summed E-state index contributed by atoms with van der Waals surface area (Å²) >= 11 is 0. The van der Waals surface area contributed by atoms with Crippen LogP contribution in [0.3, 0.4) is 0 Å². The lowest BCUT2D eigenvalue weighted by atomic mass is 9.89. The Labute approximate surface area is 145 Å². The number of likely N-dealkylation sites (tertiary alicyclic amines) is 1. The number of halogens is 1. The summed E-state index contributed by atoms with van der Waals surface area (Å²) in [7, 11) is 0. The van der Waals surface area contributed by atoms with Gasteiger partial charge in [-0.05, 0) is 30.5 Å². The fourth-order valence-electron chi connectivity index (χ4n) is 3.36. The Kier molecular flexibility index (Phi) is 4.09. The molecule has 2 heterocycles. The molecule has 1 saturated heterocycles. The summed E-state index contributed by atoms with van der Waals surface area (Å²) in [5.41, 5.74) is 6.05. The van der Waals surface area contributed by atoms with Crippen LogP contribution in [0.5, 0.6) is 11.5 Å². The Morgan fingerprint density at radius 3 is 2.58 bits per heavy atom. The number of nitrogens with two attached hydrogens (primary N) is 1. The van der Waals surface area contributed by atoms with Gasteiger partial charge in [0.1, 0.15) is 0 Å². The van der Waals surface area contributed by atoms with Crippen molar-refractivity contribution in [2.45, 2.75) is 24.3 Å². The number of rotatable bonds is 3. The van der Waals surface area contributed by atoms with E-state index in [0.717, 1.165) is 5.56 Å². The number of amides is 1. The number of nitrogens with zero attached hydrogens (tertiary/aromatic N) is 1. The molecule has 8 heteroatoms. The van der Waals surface area contributed by atoms with Crippen molar-refractivity contribution in [1.29, 1.82) is 0 Å². The summed E-state index contributed by atoms with van der Waals surface area (Å²) in [6.45, 7) is 0.743. The van der Waals surface area contributed by atoms with E-state index in [1.54, 1.807) is 11.0 Å². The lowest BCUT2D eigenvalue weighted by Crippen LogP contribution is -2.44. The monoisotopic (exact) mass is 354 g/mol. The zero-order chi connectivity index (χ0) is 16.2. The van der Waals surface area contributed by atoms with Gasteiger partial charge in [0, 0.05) is 19.0 Å². The molecule has 1 aromatic rings. The van der Waals surface area contributed by atoms with Gasteiger partial charge < -0.3 is 25.2 Å². The van der Waals surface area contributed by atoms with Crippen molar-refractivity contribution in [1.82, 2.24) is 4.90 Å². The Hall–Kier alpha value is -1.99. The quantitative estimate of drug-likeness (QED) is 0.838. The number of benzene rings is 1. The number of hydrogen-bond acceptors (Lipinski definition) is 5. The number of aliphatic carboxylic acids is 1. The van der Waals surface area contributed by atoms with Crippen molar-refractivity contribution in [3.05, 3.63) is 23.8 Å². The Morgan fingerprint density at radius 2 is 1.92 bits per heavy atom. The van der Waals surface area contributed by atoms with Crippen molar-refractivity contribution >= 4 is 24.3 Å². The van der Waals surface area contributed by atoms with Crippen LogP contribution in [-0.4, -0.2) is 47.3 Å². The smallest absolute Gasteiger partial charge is 0.308 e. The average Bonchev–Trinajstić information content (AvgIpc) is 2.99. The average molecular weight is 355 g/mol. The predicted molar refractivity (Wildman–Crippen MR) is 86.4 cm³/mol. The minimum atomic E-state index is -0.898. The van der Waals surface area contributed by atoms with Gasteiger partial charge in [0.25, 0.3) is 0 Å². The molecule has 0 radical (unpaired) electrons. The van der Waals surface area contributed by atoms with Crippen molar-refractivity contribution in [2.75, 3.05) is 19.9 Å². The minimum absolute atomic E-state index is 0. The summed E-state index contributed by atoms with van der Waals surface area (Å²) < 4.78 is 10.6. The molecule has 0 spiro atoms. The van der Waals surface area contributed by atoms with Crippen LogP contribution in [0.15, 0.2) is 18.2 Å². The van der Waals surface area contributed by atoms with Crippen LogP contribution in [0.1, 0.15) is 24.3 Å². The fourth-order valence-corrected chi connectivity index (χ4v) is 3.36. The number of fused-ring (bicyclic) bond motifs is 1. The molecule has 1 saturated carbocycles. The maximum Gasteiger partial charge on any atom is 0.308 e. The van der Waals surface area contributed by atoms with E-state index in [2.05, 4.69) is 0 Å². The van der Waals surface area contributed by atoms with Crippen LogP contribution < -0.4 is 15.2 Å². The van der Waals surface area contributed by atoms with E-state index >= 15 is 0 Å². The standard InChI is InChI=1S/C16H18N2O5.ClH/c17-16(3-4-16)15(21)18-6-10(11(7-18)14(19)20)9-1-2-12-13(5-9)23-8-22-12;/h1-2,5,10-11H,3-4,6-8,17H2,(H,19,20);1H/t10-,11+;/m0./s1. The van der Waals surface area contributed by atoms with E-state index in [9.17, 15) is 14.7 Å². The third kappa shape index (κ3) is 2.67. The minimum Gasteiger partial charge on any atom is -0.481 e. The molecule has 1 amide bonds. The summed E-state index contributed by atoms with van der Waals surface area (Å²) in [5.74, 6) is -0.661. The van der Waals surface area contributed by atoms with E-state index in [1.807, 2.05) is 12.1 Å². The second kappa shape index (κ2) is 5.82. The molecule has 2 fully saturated rings. The normalized spacial score (nSPS) is 26.0. The molecule has 2 atom stereocenters. The van der Waals surface area contributed by atoms with Crippen molar-refractivity contribution in [3.8, 4) is 11.5 Å². The number of hydrogen-bond donors (Lipinski definition) is 2. The number of carbonyl (C=O) groups excluding carboxylic acids is 1. The van der Waals surface area contributed by atoms with Crippen molar-refractivity contribution in [2.24, 2.45) is 11.7 Å². The Balaban J connectivity index is 0.00000169. The molecule has 24 heavy (non-hydrogen) atoms. The molecule has 1 aliphatic carbocycles. The van der Waals surface area contributed by atoms with Gasteiger partial charge in [-0.3, -0.25) is 9.59 Å². The molecular formula is C16H19ClN2O5. The van der Waals surface area contributed by atoms with E-state index in [4.69, 9.17) is 15.2 Å². The lowest BCUT2D eigenvalue weighted by Gasteiger charge is -2.20. The largest absolute Gasteiger partial charge is 0.481 e. The van der Waals surface area contributed by atoms with Crippen LogP contribution in [0, 0.1) is 5.92 Å². The Morgan fingerprint density at radius 1 is 1.21 bits per heavy atom. The SMILES string of the molecule is Cl.NC1(C(=O)N2C[C@@H](C(=O)O)[C@H](c3ccc4c(c3)OCO4)C2)CC1. The van der Waals surface area contributed by atoms with Crippen LogP contribution in [0.2, 0.25) is 0 Å². The first-order chi connectivity index (χ1) is 11.0. The zero-order valence-corrected chi connectivity index (χ0v) is 13.8. The van der Waals surface area contributed by atoms with Gasteiger partial charge in [-0.15, -0.1) is 12.4 Å². The summed E-state index contributed by atoms with van der Waals surface area (Å²) in [5, 5.41) is 9.53. The highest BCUT2D eigenvalue weighted by Gasteiger charge is 2.51. The van der Waals surface area contributed by atoms with Crippen LogP contribution >= 0.6 is 12.4 Å². The topological polar surface area (TPSA) is 102 Å². The first-order valence-corrected chi connectivity index (χ1v) is 7.68. The van der Waals surface area contributed by atoms with Gasteiger partial charge in [-0.2, -0.15) is 0 Å². The molecule has 3 N–H and O–H groups in total. The third-order valence-electron chi connectivity index (χ3n) is 4.96. The molecule has 0 aromatic heterocycles. The molecule has 3 aliphatic rings. The van der Waals surface area contributed by atoms with Crippen LogP contribution in [0.25, 0.3) is 0 Å². The second-order valence-electron chi connectivity index (χ2n) is 6.53. The fraction of sp³-hybridized carbons (Fsp3) is 0.500. The zero-order valence-electron chi connectivity index (χ0n) is 12.9. The molecule has 2 aliphatic heterocycles. The van der Waals surface area contributed by atoms with Gasteiger partial charge >= 0.3 is 5.97 Å². The molecule has 7 nitrogen and oxygen atoms in total. The van der Waals surface area contributed by atoms with Gasteiger partial charge in [0.05, 0.1) is 11.5 Å². The van der Waals surface area contributed by atoms with Gasteiger partial charge in [-0.25, -0.2) is 0 Å². The van der Waals surface area contributed by atoms with E-state index in [1.165, 1.54) is 0 Å². The van der Waals surface area contributed by atoms with Crippen LogP contribution in [0.4, 0.5) is 0 Å². The highest BCUT2D eigenvalue weighted by Crippen LogP contribution is 2.41. The van der Waals surface area contributed by atoms with Gasteiger partial charge in [0.2, 0.25) is 12.7 Å². The summed E-state index contributed by atoms with van der Waals surface area (Å²) in [4.78, 5) is 25.7. The third-order valence-corrected chi connectivity index (χ3v) is 4.96. The maximum atomic E-state index is 12.4.